The van der Waals surface area contributed by atoms with Crippen LogP contribution in [-0.2, 0) is 0 Å². The van der Waals surface area contributed by atoms with Gasteiger partial charge in [0, 0.05) is 6.92 Å². The van der Waals surface area contributed by atoms with Crippen molar-refractivity contribution in [1.82, 2.24) is 4.98 Å². The second-order valence-corrected chi connectivity index (χ2v) is 3.08. The molecule has 0 aliphatic carbocycles. The average Bonchev–Trinajstić information content (AvgIpc) is 2.17. The van der Waals surface area contributed by atoms with E-state index in [0.29, 0.717) is 11.4 Å². The Bertz CT molecular complexity index is 349. The third kappa shape index (κ3) is 2.45. The highest BCUT2D eigenvalue weighted by molar-refractivity contribution is 9.09. The number of alkyl halides is 1. The molecule has 1 heterocycles. The van der Waals surface area contributed by atoms with Crippen molar-refractivity contribution in [2.75, 3.05) is 5.33 Å². The maximum Gasteiger partial charge on any atom is 0.191 e. The maximum atomic E-state index is 11.2. The number of ketones is 2. The van der Waals surface area contributed by atoms with Crippen molar-refractivity contribution in [2.24, 2.45) is 0 Å². The van der Waals surface area contributed by atoms with Gasteiger partial charge in [-0.05, 0) is 12.1 Å². The largest absolute Gasteiger partial charge is 0.293 e. The molecule has 68 valence electrons. The van der Waals surface area contributed by atoms with Gasteiger partial charge in [0.15, 0.2) is 11.6 Å². The molecule has 3 nitrogen and oxygen atoms in total. The summed E-state index contributed by atoms with van der Waals surface area (Å²) in [4.78, 5) is 26.0. The van der Waals surface area contributed by atoms with Crippen LogP contribution in [-0.4, -0.2) is 21.9 Å². The Morgan fingerprint density at radius 2 is 2.00 bits per heavy atom. The summed E-state index contributed by atoms with van der Waals surface area (Å²) >= 11 is 3.04. The Labute approximate surface area is 84.3 Å². The number of nitrogens with zero attached hydrogens (tertiary/aromatic N) is 1. The van der Waals surface area contributed by atoms with E-state index in [9.17, 15) is 9.59 Å². The normalized spacial score (nSPS) is 9.69. The van der Waals surface area contributed by atoms with Gasteiger partial charge in [0.05, 0.1) is 5.33 Å². The SMILES string of the molecule is CC(=O)c1cccc(C(=O)CBr)n1. The predicted molar refractivity (Wildman–Crippen MR) is 52.4 cm³/mol. The monoisotopic (exact) mass is 241 g/mol. The first kappa shape index (κ1) is 10.1. The minimum absolute atomic E-state index is 0.122. The first-order chi connectivity index (χ1) is 6.15. The summed E-state index contributed by atoms with van der Waals surface area (Å²) < 4.78 is 0. The van der Waals surface area contributed by atoms with Gasteiger partial charge >= 0.3 is 0 Å². The minimum atomic E-state index is -0.135. The molecule has 0 saturated carbocycles. The second-order valence-electron chi connectivity index (χ2n) is 2.52. The van der Waals surface area contributed by atoms with Gasteiger partial charge in [0.2, 0.25) is 0 Å². The second kappa shape index (κ2) is 4.28. The van der Waals surface area contributed by atoms with Crippen molar-refractivity contribution >= 4 is 27.5 Å². The molecule has 0 bridgehead atoms. The van der Waals surface area contributed by atoms with Gasteiger partial charge in [-0.25, -0.2) is 4.98 Å². The number of rotatable bonds is 3. The number of hydrogen-bond donors (Lipinski definition) is 0. The van der Waals surface area contributed by atoms with Gasteiger partial charge in [-0.2, -0.15) is 0 Å². The number of halogens is 1. The van der Waals surface area contributed by atoms with Crippen LogP contribution in [0, 0.1) is 0 Å². The van der Waals surface area contributed by atoms with Crippen LogP contribution in [0.2, 0.25) is 0 Å². The molecular weight excluding hydrogens is 234 g/mol. The Morgan fingerprint density at radius 3 is 2.54 bits per heavy atom. The molecule has 0 N–H and O–H groups in total. The number of Topliss-reactive ketones (excluding diaryl/α,β-unsaturated/α-hetero) is 2. The lowest BCUT2D eigenvalue weighted by atomic mass is 10.2. The molecule has 1 rings (SSSR count). The Morgan fingerprint density at radius 1 is 1.38 bits per heavy atom. The number of carbonyl (C=O) groups excluding carboxylic acids is 2. The first-order valence-electron chi connectivity index (χ1n) is 3.72. The van der Waals surface area contributed by atoms with Crippen LogP contribution in [0.1, 0.15) is 27.9 Å². The highest BCUT2D eigenvalue weighted by Crippen LogP contribution is 2.02. The smallest absolute Gasteiger partial charge is 0.191 e. The Kier molecular flexibility index (Phi) is 3.31. The summed E-state index contributed by atoms with van der Waals surface area (Å²) in [6.07, 6.45) is 0. The van der Waals surface area contributed by atoms with E-state index in [1.165, 1.54) is 6.92 Å². The summed E-state index contributed by atoms with van der Waals surface area (Å²) in [5.74, 6) is -0.257. The fourth-order valence-corrected chi connectivity index (χ4v) is 1.14. The van der Waals surface area contributed by atoms with Crippen LogP contribution in [0.25, 0.3) is 0 Å². The van der Waals surface area contributed by atoms with E-state index in [1.54, 1.807) is 18.2 Å². The molecule has 13 heavy (non-hydrogen) atoms. The van der Waals surface area contributed by atoms with E-state index in [2.05, 4.69) is 20.9 Å². The summed E-state index contributed by atoms with van der Waals surface area (Å²) in [5.41, 5.74) is 0.649. The summed E-state index contributed by atoms with van der Waals surface area (Å²) in [6, 6.07) is 4.84. The third-order valence-corrected chi connectivity index (χ3v) is 2.03. The van der Waals surface area contributed by atoms with E-state index >= 15 is 0 Å². The molecule has 0 aliphatic rings. The van der Waals surface area contributed by atoms with Crippen LogP contribution in [0.15, 0.2) is 18.2 Å². The van der Waals surface area contributed by atoms with E-state index in [-0.39, 0.29) is 16.9 Å². The van der Waals surface area contributed by atoms with Crippen molar-refractivity contribution in [3.63, 3.8) is 0 Å². The summed E-state index contributed by atoms with van der Waals surface area (Å²) in [6.45, 7) is 1.42. The summed E-state index contributed by atoms with van der Waals surface area (Å²) in [5, 5.41) is 0.224. The standard InChI is InChI=1S/C9H8BrNO2/c1-6(12)7-3-2-4-8(11-7)9(13)5-10/h2-4H,5H2,1H3. The zero-order valence-corrected chi connectivity index (χ0v) is 8.67. The number of pyridine rings is 1. The van der Waals surface area contributed by atoms with E-state index in [4.69, 9.17) is 0 Å². The molecule has 0 atom stereocenters. The molecule has 0 aliphatic heterocycles. The van der Waals surface area contributed by atoms with Crippen LogP contribution in [0.4, 0.5) is 0 Å². The molecule has 0 radical (unpaired) electrons. The van der Waals surface area contributed by atoms with Crippen molar-refractivity contribution in [3.8, 4) is 0 Å². The van der Waals surface area contributed by atoms with Crippen molar-refractivity contribution < 1.29 is 9.59 Å². The molecule has 0 unspecified atom stereocenters. The van der Waals surface area contributed by atoms with Gasteiger partial charge < -0.3 is 0 Å². The molecule has 0 saturated heterocycles. The quantitative estimate of drug-likeness (QED) is 0.600. The molecule has 0 aromatic carbocycles. The van der Waals surface area contributed by atoms with Crippen LogP contribution in [0.3, 0.4) is 0 Å². The van der Waals surface area contributed by atoms with Gasteiger partial charge in [-0.3, -0.25) is 9.59 Å². The topological polar surface area (TPSA) is 47.0 Å². The third-order valence-electron chi connectivity index (χ3n) is 1.52. The van der Waals surface area contributed by atoms with E-state index < -0.39 is 0 Å². The highest BCUT2D eigenvalue weighted by Gasteiger charge is 2.07. The van der Waals surface area contributed by atoms with E-state index in [0.717, 1.165) is 0 Å². The fourth-order valence-electron chi connectivity index (χ4n) is 0.855. The minimum Gasteiger partial charge on any atom is -0.293 e. The van der Waals surface area contributed by atoms with Gasteiger partial charge in [0.1, 0.15) is 11.4 Å². The van der Waals surface area contributed by atoms with Crippen LogP contribution in [0.5, 0.6) is 0 Å². The van der Waals surface area contributed by atoms with Crippen LogP contribution >= 0.6 is 15.9 Å². The predicted octanol–water partition coefficient (Wildman–Crippen LogP) is 1.86. The maximum absolute atomic E-state index is 11.2. The molecule has 0 spiro atoms. The molecular formula is C9H8BrNO2. The van der Waals surface area contributed by atoms with Crippen molar-refractivity contribution in [3.05, 3.63) is 29.6 Å². The molecule has 0 fully saturated rings. The van der Waals surface area contributed by atoms with E-state index in [1.807, 2.05) is 0 Å². The first-order valence-corrected chi connectivity index (χ1v) is 4.84. The lowest BCUT2D eigenvalue weighted by Crippen LogP contribution is -2.06. The highest BCUT2D eigenvalue weighted by atomic mass is 79.9. The number of hydrogen-bond acceptors (Lipinski definition) is 3. The zero-order valence-electron chi connectivity index (χ0n) is 7.08. The molecule has 0 amide bonds. The molecule has 1 aromatic rings. The molecule has 1 aromatic heterocycles. The number of aromatic nitrogens is 1. The van der Waals surface area contributed by atoms with Gasteiger partial charge in [-0.15, -0.1) is 0 Å². The molecule has 4 heteroatoms. The lowest BCUT2D eigenvalue weighted by Gasteiger charge is -1.98. The van der Waals surface area contributed by atoms with Crippen LogP contribution < -0.4 is 0 Å². The van der Waals surface area contributed by atoms with Crippen molar-refractivity contribution in [1.29, 1.82) is 0 Å². The van der Waals surface area contributed by atoms with Gasteiger partial charge in [-0.1, -0.05) is 22.0 Å². The van der Waals surface area contributed by atoms with Gasteiger partial charge in [0.25, 0.3) is 0 Å². The zero-order chi connectivity index (χ0) is 9.84. The fraction of sp³-hybridized carbons (Fsp3) is 0.222. The average molecular weight is 242 g/mol. The van der Waals surface area contributed by atoms with Crippen molar-refractivity contribution in [2.45, 2.75) is 6.92 Å². The Hall–Kier alpha value is -1.03. The lowest BCUT2D eigenvalue weighted by molar-refractivity contribution is 0.101. The Balaban J connectivity index is 3.05. The summed E-state index contributed by atoms with van der Waals surface area (Å²) in [7, 11) is 0. The number of carbonyl (C=O) groups is 2.